The van der Waals surface area contributed by atoms with Crippen LogP contribution in [0.25, 0.3) is 0 Å². The monoisotopic (exact) mass is 378 g/mol. The second-order valence-corrected chi connectivity index (χ2v) is 8.29. The lowest BCUT2D eigenvalue weighted by molar-refractivity contribution is -0.128. The van der Waals surface area contributed by atoms with Crippen molar-refractivity contribution in [2.24, 2.45) is 0 Å². The molecular formula is C18H19ClN2OS2. The Labute approximate surface area is 156 Å². The lowest BCUT2D eigenvalue weighted by Crippen LogP contribution is -2.34. The van der Waals surface area contributed by atoms with Gasteiger partial charge < -0.3 is 4.90 Å². The third-order valence-electron chi connectivity index (χ3n) is 3.96. The zero-order valence-corrected chi connectivity index (χ0v) is 15.6. The van der Waals surface area contributed by atoms with E-state index in [1.54, 1.807) is 24.2 Å². The van der Waals surface area contributed by atoms with Gasteiger partial charge in [-0.3, -0.25) is 9.78 Å². The Morgan fingerprint density at radius 1 is 1.25 bits per heavy atom. The molecule has 0 saturated carbocycles. The number of hydrogen-bond donors (Lipinski definition) is 0. The highest BCUT2D eigenvalue weighted by Crippen LogP contribution is 2.37. The maximum atomic E-state index is 12.5. The van der Waals surface area contributed by atoms with Gasteiger partial charge in [-0.2, -0.15) is 11.8 Å². The molecule has 0 bridgehead atoms. The van der Waals surface area contributed by atoms with Crippen LogP contribution in [0.3, 0.4) is 0 Å². The van der Waals surface area contributed by atoms with Crippen LogP contribution in [-0.2, 0) is 4.79 Å². The summed E-state index contributed by atoms with van der Waals surface area (Å²) < 4.78 is 0. The molecule has 1 fully saturated rings. The molecule has 2 aromatic rings. The number of carbonyl (C=O) groups excluding carboxylic acids is 1. The molecule has 6 heteroatoms. The van der Waals surface area contributed by atoms with Crippen LogP contribution in [0.5, 0.6) is 0 Å². The molecule has 3 nitrogen and oxygen atoms in total. The Morgan fingerprint density at radius 3 is 2.83 bits per heavy atom. The molecule has 1 amide bonds. The zero-order valence-electron chi connectivity index (χ0n) is 13.2. The van der Waals surface area contributed by atoms with Gasteiger partial charge in [-0.25, -0.2) is 0 Å². The number of hydrogen-bond acceptors (Lipinski definition) is 4. The summed E-state index contributed by atoms with van der Waals surface area (Å²) in [5.41, 5.74) is 1.18. The third kappa shape index (κ3) is 4.68. The Hall–Kier alpha value is -1.17. The summed E-state index contributed by atoms with van der Waals surface area (Å²) in [4.78, 5) is 19.5. The van der Waals surface area contributed by atoms with Gasteiger partial charge in [0, 0.05) is 46.4 Å². The fraction of sp³-hybridized carbons (Fsp3) is 0.333. The first-order valence-corrected chi connectivity index (χ1v) is 10.3. The zero-order chi connectivity index (χ0) is 16.8. The van der Waals surface area contributed by atoms with Crippen molar-refractivity contribution in [2.75, 3.05) is 24.6 Å². The van der Waals surface area contributed by atoms with E-state index < -0.39 is 0 Å². The smallest absolute Gasteiger partial charge is 0.232 e. The molecule has 2 heterocycles. The van der Waals surface area contributed by atoms with E-state index >= 15 is 0 Å². The van der Waals surface area contributed by atoms with Crippen molar-refractivity contribution in [2.45, 2.75) is 16.6 Å². The first-order chi connectivity index (χ1) is 11.7. The van der Waals surface area contributed by atoms with Gasteiger partial charge in [0.1, 0.15) is 0 Å². The third-order valence-corrected chi connectivity index (χ3v) is 6.61. The van der Waals surface area contributed by atoms with Crippen LogP contribution in [0.4, 0.5) is 0 Å². The van der Waals surface area contributed by atoms with Crippen LogP contribution >= 0.6 is 35.1 Å². The molecule has 1 aliphatic heterocycles. The highest BCUT2D eigenvalue weighted by Gasteiger charge is 2.23. The number of benzene rings is 1. The van der Waals surface area contributed by atoms with Crippen LogP contribution in [-0.4, -0.2) is 40.4 Å². The summed E-state index contributed by atoms with van der Waals surface area (Å²) in [7, 11) is 0. The topological polar surface area (TPSA) is 33.2 Å². The van der Waals surface area contributed by atoms with Gasteiger partial charge in [0.05, 0.1) is 5.75 Å². The highest BCUT2D eigenvalue weighted by atomic mass is 35.5. The summed E-state index contributed by atoms with van der Waals surface area (Å²) in [6.45, 7) is 1.60. The summed E-state index contributed by atoms with van der Waals surface area (Å²) in [6, 6.07) is 11.9. The number of halogens is 1. The lowest BCUT2D eigenvalue weighted by atomic mass is 10.1. The van der Waals surface area contributed by atoms with Crippen molar-refractivity contribution in [3.8, 4) is 0 Å². The van der Waals surface area contributed by atoms with Gasteiger partial charge in [-0.05, 0) is 30.2 Å². The Bertz CT molecular complexity index is 684. The van der Waals surface area contributed by atoms with Crippen molar-refractivity contribution < 1.29 is 4.79 Å². The molecule has 3 rings (SSSR count). The number of aromatic nitrogens is 1. The van der Waals surface area contributed by atoms with E-state index in [4.69, 9.17) is 11.6 Å². The van der Waals surface area contributed by atoms with E-state index in [1.165, 1.54) is 5.56 Å². The molecule has 0 spiro atoms. The molecule has 1 unspecified atom stereocenters. The van der Waals surface area contributed by atoms with E-state index in [2.05, 4.69) is 11.1 Å². The second kappa shape index (κ2) is 8.79. The molecule has 0 aliphatic carbocycles. The van der Waals surface area contributed by atoms with Gasteiger partial charge >= 0.3 is 0 Å². The minimum atomic E-state index is 0.206. The molecule has 1 atom stereocenters. The summed E-state index contributed by atoms with van der Waals surface area (Å²) >= 11 is 9.79. The molecule has 0 N–H and O–H groups in total. The Kier molecular flexibility index (Phi) is 6.46. The number of pyridine rings is 1. The highest BCUT2D eigenvalue weighted by molar-refractivity contribution is 8.00. The van der Waals surface area contributed by atoms with Crippen LogP contribution in [0.15, 0.2) is 53.7 Å². The van der Waals surface area contributed by atoms with E-state index in [-0.39, 0.29) is 5.91 Å². The van der Waals surface area contributed by atoms with Crippen LogP contribution < -0.4 is 0 Å². The quantitative estimate of drug-likeness (QED) is 0.731. The van der Waals surface area contributed by atoms with Gasteiger partial charge in [-0.1, -0.05) is 29.8 Å². The molecule has 126 valence electrons. The molecule has 1 aromatic heterocycles. The molecule has 1 aromatic carbocycles. The minimum Gasteiger partial charge on any atom is -0.341 e. The van der Waals surface area contributed by atoms with Crippen LogP contribution in [0.2, 0.25) is 5.02 Å². The van der Waals surface area contributed by atoms with E-state index in [9.17, 15) is 4.79 Å². The number of carbonyl (C=O) groups is 1. The normalized spacial score (nSPS) is 18.2. The fourth-order valence-corrected chi connectivity index (χ4v) is 5.06. The van der Waals surface area contributed by atoms with Crippen molar-refractivity contribution in [3.05, 3.63) is 59.4 Å². The summed E-state index contributed by atoms with van der Waals surface area (Å²) in [6.07, 6.45) is 4.45. The second-order valence-electron chi connectivity index (χ2n) is 5.52. The largest absolute Gasteiger partial charge is 0.341 e. The summed E-state index contributed by atoms with van der Waals surface area (Å²) in [5.74, 6) is 1.63. The number of nitrogens with zero attached hydrogens (tertiary/aromatic N) is 2. The average molecular weight is 379 g/mol. The average Bonchev–Trinajstić information content (AvgIpc) is 2.87. The van der Waals surface area contributed by atoms with Gasteiger partial charge in [0.15, 0.2) is 0 Å². The first-order valence-electron chi connectivity index (χ1n) is 7.90. The Morgan fingerprint density at radius 2 is 2.04 bits per heavy atom. The number of thioether (sulfide) groups is 2. The number of amides is 1. The first kappa shape index (κ1) is 17.6. The molecular weight excluding hydrogens is 360 g/mol. The van der Waals surface area contributed by atoms with E-state index in [0.717, 1.165) is 35.2 Å². The Balaban J connectivity index is 1.55. The van der Waals surface area contributed by atoms with Crippen molar-refractivity contribution >= 4 is 41.0 Å². The van der Waals surface area contributed by atoms with E-state index in [1.807, 2.05) is 47.0 Å². The lowest BCUT2D eigenvalue weighted by Gasteiger charge is -2.20. The maximum Gasteiger partial charge on any atom is 0.232 e. The molecule has 0 radical (unpaired) electrons. The minimum absolute atomic E-state index is 0.206. The van der Waals surface area contributed by atoms with Crippen LogP contribution in [0.1, 0.15) is 17.2 Å². The standard InChI is InChI=1S/C18H19ClN2OS2/c19-16-4-2-1-3-15(16)17-7-10-21(11-12-23-17)18(22)13-24-14-5-8-20-9-6-14/h1-6,8-9,17H,7,10-13H2. The molecule has 24 heavy (non-hydrogen) atoms. The van der Waals surface area contributed by atoms with Crippen molar-refractivity contribution in [1.29, 1.82) is 0 Å². The predicted octanol–water partition coefficient (Wildman–Crippen LogP) is 4.53. The summed E-state index contributed by atoms with van der Waals surface area (Å²) in [5, 5.41) is 1.19. The molecule has 1 saturated heterocycles. The SMILES string of the molecule is O=C(CSc1ccncc1)N1CCSC(c2ccccc2Cl)CC1. The predicted molar refractivity (Wildman–Crippen MR) is 103 cm³/mol. The fourth-order valence-electron chi connectivity index (χ4n) is 2.68. The van der Waals surface area contributed by atoms with Gasteiger partial charge in [-0.15, -0.1) is 11.8 Å². The van der Waals surface area contributed by atoms with E-state index in [0.29, 0.717) is 11.0 Å². The molecule has 1 aliphatic rings. The maximum absolute atomic E-state index is 12.5. The van der Waals surface area contributed by atoms with Crippen molar-refractivity contribution in [1.82, 2.24) is 9.88 Å². The van der Waals surface area contributed by atoms with Gasteiger partial charge in [0.25, 0.3) is 0 Å². The van der Waals surface area contributed by atoms with Crippen LogP contribution in [0, 0.1) is 0 Å². The van der Waals surface area contributed by atoms with Crippen molar-refractivity contribution in [3.63, 3.8) is 0 Å². The van der Waals surface area contributed by atoms with Gasteiger partial charge in [0.2, 0.25) is 5.91 Å². The number of rotatable bonds is 4.